The molecule has 0 aliphatic carbocycles. The van der Waals surface area contributed by atoms with E-state index in [0.717, 1.165) is 86.3 Å². The molecule has 204 valence electrons. The van der Waals surface area contributed by atoms with Crippen LogP contribution < -0.4 is 15.1 Å². The minimum Gasteiger partial charge on any atom is -0.370 e. The maximum atomic E-state index is 13.4. The molecule has 2 fully saturated rings. The van der Waals surface area contributed by atoms with Crippen molar-refractivity contribution in [2.45, 2.75) is 52.0 Å². The van der Waals surface area contributed by atoms with Gasteiger partial charge < -0.3 is 15.1 Å². The van der Waals surface area contributed by atoms with Gasteiger partial charge in [0.15, 0.2) is 0 Å². The van der Waals surface area contributed by atoms with Gasteiger partial charge in [0.05, 0.1) is 22.5 Å². The Kier molecular flexibility index (Phi) is 8.37. The number of nitrogens with zero attached hydrogens (tertiary/aromatic N) is 4. The number of nitrogens with one attached hydrogen (secondary N) is 1. The summed E-state index contributed by atoms with van der Waals surface area (Å²) in [6.07, 6.45) is 4.83. The van der Waals surface area contributed by atoms with Crippen molar-refractivity contribution in [1.82, 2.24) is 5.32 Å². The molecule has 1 N–H and O–H groups in total. The number of rotatable bonds is 6. The van der Waals surface area contributed by atoms with E-state index >= 15 is 0 Å². The van der Waals surface area contributed by atoms with Crippen LogP contribution in [0.15, 0.2) is 60.7 Å². The summed E-state index contributed by atoms with van der Waals surface area (Å²) in [5.41, 5.74) is 7.75. The second kappa shape index (κ2) is 12.3. The molecule has 2 aliphatic rings. The molecule has 0 radical (unpaired) electrons. The molecule has 0 unspecified atom stereocenters. The van der Waals surface area contributed by atoms with Crippen molar-refractivity contribution in [3.05, 3.63) is 94.0 Å². The first-order chi connectivity index (χ1) is 19.5. The third-order valence-electron chi connectivity index (χ3n) is 8.61. The van der Waals surface area contributed by atoms with Crippen LogP contribution in [0.1, 0.15) is 63.9 Å². The zero-order valence-corrected chi connectivity index (χ0v) is 23.5. The molecular formula is C34H37N5O. The van der Waals surface area contributed by atoms with Crippen LogP contribution in [0.2, 0.25) is 0 Å². The number of piperidine rings is 2. The molecule has 3 aromatic rings. The van der Waals surface area contributed by atoms with E-state index in [4.69, 9.17) is 0 Å². The average molecular weight is 532 g/mol. The highest BCUT2D eigenvalue weighted by molar-refractivity contribution is 5.96. The first kappa shape index (κ1) is 27.3. The highest BCUT2D eigenvalue weighted by Crippen LogP contribution is 2.30. The summed E-state index contributed by atoms with van der Waals surface area (Å²) in [5, 5.41) is 22.2. The Hall–Kier alpha value is -4.29. The molecule has 3 aromatic carbocycles. The molecule has 2 heterocycles. The van der Waals surface area contributed by atoms with Crippen LogP contribution >= 0.6 is 0 Å². The summed E-state index contributed by atoms with van der Waals surface area (Å²) in [6, 6.07) is 24.6. The average Bonchev–Trinajstić information content (AvgIpc) is 2.99. The third kappa shape index (κ3) is 5.97. The van der Waals surface area contributed by atoms with Crippen molar-refractivity contribution >= 4 is 17.3 Å². The number of nitriles is 2. The number of carbonyl (C=O) groups excluding carboxylic acids is 1. The van der Waals surface area contributed by atoms with E-state index in [1.165, 1.54) is 11.1 Å². The van der Waals surface area contributed by atoms with E-state index in [1.54, 1.807) is 0 Å². The Balaban J connectivity index is 1.19. The minimum absolute atomic E-state index is 0.0116. The van der Waals surface area contributed by atoms with Crippen LogP contribution in [0, 0.1) is 42.4 Å². The van der Waals surface area contributed by atoms with Crippen LogP contribution in [-0.4, -0.2) is 38.1 Å². The largest absolute Gasteiger partial charge is 0.370 e. The van der Waals surface area contributed by atoms with Crippen molar-refractivity contribution in [2.24, 2.45) is 5.92 Å². The minimum atomic E-state index is 0.0116. The van der Waals surface area contributed by atoms with Crippen molar-refractivity contribution in [3.63, 3.8) is 0 Å². The SMILES string of the molecule is Cc1cc(C)c(C(=O)NC2CCN(c3ccccc3C#N)CC2)cc1CC1CCN(c2ccccc2C#N)CC1. The summed E-state index contributed by atoms with van der Waals surface area (Å²) in [6.45, 7) is 7.70. The fourth-order valence-corrected chi connectivity index (χ4v) is 6.27. The summed E-state index contributed by atoms with van der Waals surface area (Å²) in [4.78, 5) is 18.0. The van der Waals surface area contributed by atoms with E-state index in [0.29, 0.717) is 11.5 Å². The quantitative estimate of drug-likeness (QED) is 0.428. The number of hydrogen-bond acceptors (Lipinski definition) is 5. The molecule has 2 saturated heterocycles. The summed E-state index contributed by atoms with van der Waals surface area (Å²) in [7, 11) is 0. The van der Waals surface area contributed by atoms with E-state index in [-0.39, 0.29) is 11.9 Å². The maximum Gasteiger partial charge on any atom is 0.251 e. The van der Waals surface area contributed by atoms with Crippen LogP contribution in [0.25, 0.3) is 0 Å². The Bertz CT molecular complexity index is 1450. The van der Waals surface area contributed by atoms with Gasteiger partial charge in [-0.15, -0.1) is 0 Å². The molecular weight excluding hydrogens is 494 g/mol. The normalized spacial score (nSPS) is 16.3. The Morgan fingerprint density at radius 3 is 1.88 bits per heavy atom. The van der Waals surface area contributed by atoms with Gasteiger partial charge in [-0.2, -0.15) is 10.5 Å². The van der Waals surface area contributed by atoms with Gasteiger partial charge in [0.25, 0.3) is 5.91 Å². The molecule has 2 aliphatic heterocycles. The fourth-order valence-electron chi connectivity index (χ4n) is 6.27. The van der Waals surface area contributed by atoms with Crippen LogP contribution in [0.5, 0.6) is 0 Å². The molecule has 0 aromatic heterocycles. The van der Waals surface area contributed by atoms with Crippen molar-refractivity contribution in [2.75, 3.05) is 36.0 Å². The van der Waals surface area contributed by atoms with Gasteiger partial charge in [0, 0.05) is 37.8 Å². The summed E-state index contributed by atoms with van der Waals surface area (Å²) < 4.78 is 0. The topological polar surface area (TPSA) is 83.2 Å². The molecule has 5 rings (SSSR count). The molecule has 0 bridgehead atoms. The lowest BCUT2D eigenvalue weighted by molar-refractivity contribution is 0.0930. The molecule has 6 heteroatoms. The van der Waals surface area contributed by atoms with Crippen molar-refractivity contribution in [1.29, 1.82) is 10.5 Å². The molecule has 0 saturated carbocycles. The van der Waals surface area contributed by atoms with Gasteiger partial charge in [-0.3, -0.25) is 4.79 Å². The zero-order valence-electron chi connectivity index (χ0n) is 23.5. The van der Waals surface area contributed by atoms with E-state index < -0.39 is 0 Å². The lowest BCUT2D eigenvalue weighted by Crippen LogP contribution is -2.45. The number of carbonyl (C=O) groups is 1. The second-order valence-electron chi connectivity index (χ2n) is 11.2. The molecule has 40 heavy (non-hydrogen) atoms. The number of para-hydroxylation sites is 2. The van der Waals surface area contributed by atoms with Gasteiger partial charge in [-0.05, 0) is 98.9 Å². The van der Waals surface area contributed by atoms with Crippen LogP contribution in [0.4, 0.5) is 11.4 Å². The van der Waals surface area contributed by atoms with E-state index in [2.05, 4.69) is 46.3 Å². The summed E-state index contributed by atoms with van der Waals surface area (Å²) in [5.74, 6) is 0.570. The second-order valence-corrected chi connectivity index (χ2v) is 11.2. The predicted molar refractivity (Wildman–Crippen MR) is 160 cm³/mol. The van der Waals surface area contributed by atoms with Gasteiger partial charge in [0.1, 0.15) is 12.1 Å². The number of hydrogen-bond donors (Lipinski definition) is 1. The standard InChI is InChI=1S/C34H37N5O/c1-24-19-25(2)31(34(40)37-30-13-17-39(18-14-30)33-10-6-4-8-28(33)23-36)21-29(24)20-26-11-15-38(16-12-26)32-9-5-3-7-27(32)22-35/h3-10,19,21,26,30H,11-18,20H2,1-2H3,(H,37,40). The van der Waals surface area contributed by atoms with Crippen molar-refractivity contribution in [3.8, 4) is 12.1 Å². The first-order valence-electron chi connectivity index (χ1n) is 14.4. The van der Waals surface area contributed by atoms with Crippen LogP contribution in [0.3, 0.4) is 0 Å². The maximum absolute atomic E-state index is 13.4. The third-order valence-corrected chi connectivity index (χ3v) is 8.61. The van der Waals surface area contributed by atoms with Gasteiger partial charge in [-0.25, -0.2) is 0 Å². The van der Waals surface area contributed by atoms with Gasteiger partial charge >= 0.3 is 0 Å². The van der Waals surface area contributed by atoms with E-state index in [9.17, 15) is 15.3 Å². The number of aryl methyl sites for hydroxylation is 2. The Morgan fingerprint density at radius 2 is 1.32 bits per heavy atom. The number of benzene rings is 3. The van der Waals surface area contributed by atoms with Crippen LogP contribution in [-0.2, 0) is 6.42 Å². The lowest BCUT2D eigenvalue weighted by atomic mass is 9.86. The fraction of sp³-hybridized carbons (Fsp3) is 0.382. The lowest BCUT2D eigenvalue weighted by Gasteiger charge is -2.35. The number of amides is 1. The van der Waals surface area contributed by atoms with Gasteiger partial charge in [-0.1, -0.05) is 30.3 Å². The Labute approximate surface area is 237 Å². The van der Waals surface area contributed by atoms with E-state index in [1.807, 2.05) is 55.5 Å². The molecule has 0 atom stereocenters. The monoisotopic (exact) mass is 531 g/mol. The highest BCUT2D eigenvalue weighted by atomic mass is 16.1. The first-order valence-corrected chi connectivity index (χ1v) is 14.4. The van der Waals surface area contributed by atoms with Crippen molar-refractivity contribution < 1.29 is 4.79 Å². The zero-order chi connectivity index (χ0) is 28.1. The summed E-state index contributed by atoms with van der Waals surface area (Å²) >= 11 is 0. The predicted octanol–water partition coefficient (Wildman–Crippen LogP) is 5.90. The van der Waals surface area contributed by atoms with Gasteiger partial charge in [0.2, 0.25) is 0 Å². The highest BCUT2D eigenvalue weighted by Gasteiger charge is 2.25. The number of anilines is 2. The molecule has 1 amide bonds. The Morgan fingerprint density at radius 1 is 0.800 bits per heavy atom. The molecule has 0 spiro atoms. The smallest absolute Gasteiger partial charge is 0.251 e. The molecule has 6 nitrogen and oxygen atoms in total.